The van der Waals surface area contributed by atoms with E-state index in [1.807, 2.05) is 60.4 Å². The molecule has 4 rings (SSSR count). The molecular weight excluding hydrogens is 364 g/mol. The fourth-order valence-electron chi connectivity index (χ4n) is 3.78. The number of hydrogen-bond donors (Lipinski definition) is 1. The highest BCUT2D eigenvalue weighted by Gasteiger charge is 2.26. The van der Waals surface area contributed by atoms with E-state index in [9.17, 15) is 9.59 Å². The summed E-state index contributed by atoms with van der Waals surface area (Å²) < 4.78 is 5.96. The van der Waals surface area contributed by atoms with Crippen molar-refractivity contribution in [3.63, 3.8) is 0 Å². The Morgan fingerprint density at radius 1 is 1.07 bits per heavy atom. The van der Waals surface area contributed by atoms with Crippen LogP contribution in [0.4, 0.5) is 0 Å². The highest BCUT2D eigenvalue weighted by molar-refractivity contribution is 5.95. The van der Waals surface area contributed by atoms with Crippen LogP contribution < -0.4 is 10.1 Å². The largest absolute Gasteiger partial charge is 0.493 e. The van der Waals surface area contributed by atoms with Gasteiger partial charge in [0.15, 0.2) is 0 Å². The molecule has 1 aliphatic heterocycles. The molecule has 1 atom stereocenters. The van der Waals surface area contributed by atoms with Crippen LogP contribution in [0, 0.1) is 12.8 Å². The fourth-order valence-corrected chi connectivity index (χ4v) is 3.78. The summed E-state index contributed by atoms with van der Waals surface area (Å²) in [5.41, 5.74) is 2.47. The third kappa shape index (κ3) is 4.97. The SMILES string of the molecule is Cc1ccccc1C(=O)N1CCC[C@@H](COc2ccc(C(=O)NC3CC3)cc2)C1. The van der Waals surface area contributed by atoms with Crippen LogP contribution in [0.3, 0.4) is 0 Å². The van der Waals surface area contributed by atoms with Crippen LogP contribution in [-0.4, -0.2) is 42.5 Å². The lowest BCUT2D eigenvalue weighted by atomic mass is 9.97. The van der Waals surface area contributed by atoms with Gasteiger partial charge in [0, 0.05) is 36.2 Å². The van der Waals surface area contributed by atoms with Crippen LogP contribution in [0.15, 0.2) is 48.5 Å². The average Bonchev–Trinajstić information content (AvgIpc) is 3.57. The summed E-state index contributed by atoms with van der Waals surface area (Å²) in [6, 6.07) is 15.4. The minimum atomic E-state index is -0.0170. The van der Waals surface area contributed by atoms with Crippen LogP contribution in [0.2, 0.25) is 0 Å². The third-order valence-electron chi connectivity index (χ3n) is 5.70. The summed E-state index contributed by atoms with van der Waals surface area (Å²) in [7, 11) is 0. The topological polar surface area (TPSA) is 58.6 Å². The molecule has 2 aromatic rings. The lowest BCUT2D eigenvalue weighted by Crippen LogP contribution is -2.41. The Labute approximate surface area is 172 Å². The molecule has 1 heterocycles. The van der Waals surface area contributed by atoms with Gasteiger partial charge in [0.05, 0.1) is 6.61 Å². The molecule has 29 heavy (non-hydrogen) atoms. The molecule has 0 spiro atoms. The fraction of sp³-hybridized carbons (Fsp3) is 0.417. The lowest BCUT2D eigenvalue weighted by molar-refractivity contribution is 0.0632. The number of carbonyl (C=O) groups excluding carboxylic acids is 2. The number of benzene rings is 2. The zero-order chi connectivity index (χ0) is 20.2. The van der Waals surface area contributed by atoms with Crippen molar-refractivity contribution in [3.05, 3.63) is 65.2 Å². The van der Waals surface area contributed by atoms with E-state index in [1.165, 1.54) is 0 Å². The summed E-state index contributed by atoms with van der Waals surface area (Å²) in [5.74, 6) is 1.17. The first-order chi connectivity index (χ1) is 14.1. The number of likely N-dealkylation sites (tertiary alicyclic amines) is 1. The van der Waals surface area contributed by atoms with Crippen molar-refractivity contribution in [3.8, 4) is 5.75 Å². The number of piperidine rings is 1. The highest BCUT2D eigenvalue weighted by atomic mass is 16.5. The quantitative estimate of drug-likeness (QED) is 0.813. The van der Waals surface area contributed by atoms with Crippen molar-refractivity contribution < 1.29 is 14.3 Å². The maximum Gasteiger partial charge on any atom is 0.254 e. The van der Waals surface area contributed by atoms with Crippen molar-refractivity contribution in [2.75, 3.05) is 19.7 Å². The van der Waals surface area contributed by atoms with Crippen molar-refractivity contribution in [1.29, 1.82) is 0 Å². The Balaban J connectivity index is 1.30. The van der Waals surface area contributed by atoms with E-state index in [2.05, 4.69) is 5.32 Å². The Bertz CT molecular complexity index is 874. The second-order valence-electron chi connectivity index (χ2n) is 8.16. The molecule has 0 aromatic heterocycles. The number of hydrogen-bond acceptors (Lipinski definition) is 3. The summed E-state index contributed by atoms with van der Waals surface area (Å²) in [6.45, 7) is 4.07. The van der Waals surface area contributed by atoms with Crippen molar-refractivity contribution >= 4 is 11.8 Å². The third-order valence-corrected chi connectivity index (χ3v) is 5.70. The van der Waals surface area contributed by atoms with Gasteiger partial charge in [-0.15, -0.1) is 0 Å². The van der Waals surface area contributed by atoms with Gasteiger partial charge >= 0.3 is 0 Å². The van der Waals surface area contributed by atoms with Crippen LogP contribution in [0.25, 0.3) is 0 Å². The highest BCUT2D eigenvalue weighted by Crippen LogP contribution is 2.22. The van der Waals surface area contributed by atoms with Gasteiger partial charge in [-0.2, -0.15) is 0 Å². The molecule has 2 fully saturated rings. The summed E-state index contributed by atoms with van der Waals surface area (Å²) >= 11 is 0. The summed E-state index contributed by atoms with van der Waals surface area (Å²) in [4.78, 5) is 26.9. The standard InChI is InChI=1S/C24H28N2O3/c1-17-5-2-3-7-22(17)24(28)26-14-4-6-18(15-26)16-29-21-12-8-19(9-13-21)23(27)25-20-10-11-20/h2-3,5,7-9,12-13,18,20H,4,6,10-11,14-16H2,1H3,(H,25,27)/t18-/m1/s1. The molecule has 2 aliphatic rings. The lowest BCUT2D eigenvalue weighted by Gasteiger charge is -2.33. The average molecular weight is 392 g/mol. The van der Waals surface area contributed by atoms with Gasteiger partial charge < -0.3 is 15.0 Å². The molecule has 0 radical (unpaired) electrons. The number of carbonyl (C=O) groups is 2. The van der Waals surface area contributed by atoms with Gasteiger partial charge in [-0.05, 0) is 68.5 Å². The molecule has 1 N–H and O–H groups in total. The summed E-state index contributed by atoms with van der Waals surface area (Å²) in [5, 5.41) is 2.99. The zero-order valence-corrected chi connectivity index (χ0v) is 16.9. The predicted octanol–water partition coefficient (Wildman–Crippen LogP) is 3.82. The van der Waals surface area contributed by atoms with E-state index in [-0.39, 0.29) is 11.8 Å². The second kappa shape index (κ2) is 8.68. The van der Waals surface area contributed by atoms with Crippen LogP contribution in [0.1, 0.15) is 52.0 Å². The first-order valence-corrected chi connectivity index (χ1v) is 10.5. The van der Waals surface area contributed by atoms with E-state index < -0.39 is 0 Å². The number of aryl methyl sites for hydroxylation is 1. The first-order valence-electron chi connectivity index (χ1n) is 10.5. The first kappa shape index (κ1) is 19.5. The number of nitrogens with one attached hydrogen (secondary N) is 1. The molecule has 1 aliphatic carbocycles. The molecule has 5 nitrogen and oxygen atoms in total. The zero-order valence-electron chi connectivity index (χ0n) is 16.9. The molecule has 152 valence electrons. The number of rotatable bonds is 6. The van der Waals surface area contributed by atoms with Crippen LogP contribution >= 0.6 is 0 Å². The van der Waals surface area contributed by atoms with Crippen molar-refractivity contribution in [1.82, 2.24) is 10.2 Å². The van der Waals surface area contributed by atoms with Gasteiger partial charge in [0.25, 0.3) is 11.8 Å². The number of ether oxygens (including phenoxy) is 1. The second-order valence-corrected chi connectivity index (χ2v) is 8.16. The van der Waals surface area contributed by atoms with E-state index >= 15 is 0 Å². The Kier molecular flexibility index (Phi) is 5.84. The Morgan fingerprint density at radius 2 is 1.83 bits per heavy atom. The van der Waals surface area contributed by atoms with Gasteiger partial charge in [-0.25, -0.2) is 0 Å². The number of nitrogens with zero attached hydrogens (tertiary/aromatic N) is 1. The molecule has 5 heteroatoms. The van der Waals surface area contributed by atoms with E-state index in [4.69, 9.17) is 4.74 Å². The molecular formula is C24H28N2O3. The van der Waals surface area contributed by atoms with Crippen LogP contribution in [0.5, 0.6) is 5.75 Å². The minimum Gasteiger partial charge on any atom is -0.493 e. The normalized spacial score (nSPS) is 18.9. The van der Waals surface area contributed by atoms with Crippen LogP contribution in [-0.2, 0) is 0 Å². The van der Waals surface area contributed by atoms with Gasteiger partial charge in [0.1, 0.15) is 5.75 Å². The van der Waals surface area contributed by atoms with Gasteiger partial charge in [-0.3, -0.25) is 9.59 Å². The van der Waals surface area contributed by atoms with Crippen molar-refractivity contribution in [2.45, 2.75) is 38.6 Å². The molecule has 0 unspecified atom stereocenters. The van der Waals surface area contributed by atoms with E-state index in [0.717, 1.165) is 55.6 Å². The maximum atomic E-state index is 12.9. The van der Waals surface area contributed by atoms with Gasteiger partial charge in [-0.1, -0.05) is 18.2 Å². The minimum absolute atomic E-state index is 0.0170. The Morgan fingerprint density at radius 3 is 2.55 bits per heavy atom. The van der Waals surface area contributed by atoms with E-state index in [1.54, 1.807) is 0 Å². The maximum absolute atomic E-state index is 12.9. The predicted molar refractivity (Wildman–Crippen MR) is 112 cm³/mol. The molecule has 1 saturated heterocycles. The molecule has 1 saturated carbocycles. The van der Waals surface area contributed by atoms with Crippen molar-refractivity contribution in [2.24, 2.45) is 5.92 Å². The monoisotopic (exact) mass is 392 g/mol. The number of amides is 2. The smallest absolute Gasteiger partial charge is 0.254 e. The van der Waals surface area contributed by atoms with Gasteiger partial charge in [0.2, 0.25) is 0 Å². The molecule has 0 bridgehead atoms. The summed E-state index contributed by atoms with van der Waals surface area (Å²) in [6.07, 6.45) is 4.21. The van der Waals surface area contributed by atoms with E-state index in [0.29, 0.717) is 24.1 Å². The Hall–Kier alpha value is -2.82. The molecule has 2 amide bonds. The molecule has 2 aromatic carbocycles.